The van der Waals surface area contributed by atoms with E-state index in [0.717, 1.165) is 38.9 Å². The van der Waals surface area contributed by atoms with Gasteiger partial charge < -0.3 is 15.0 Å². The van der Waals surface area contributed by atoms with Crippen LogP contribution >= 0.6 is 0 Å². The summed E-state index contributed by atoms with van der Waals surface area (Å²) in [5, 5.41) is 3.71. The molecular formula is C16H30N2O2. The van der Waals surface area contributed by atoms with Crippen LogP contribution in [0.4, 0.5) is 0 Å². The molecule has 0 aromatic carbocycles. The van der Waals surface area contributed by atoms with Crippen LogP contribution in [0.5, 0.6) is 0 Å². The lowest BCUT2D eigenvalue weighted by atomic mass is 9.92. The van der Waals surface area contributed by atoms with Crippen LogP contribution < -0.4 is 5.32 Å². The topological polar surface area (TPSA) is 41.6 Å². The summed E-state index contributed by atoms with van der Waals surface area (Å²) in [6.07, 6.45) is 3.29. The third-order valence-electron chi connectivity index (χ3n) is 4.79. The molecule has 0 aliphatic carbocycles. The summed E-state index contributed by atoms with van der Waals surface area (Å²) in [7, 11) is 0. The van der Waals surface area contributed by atoms with Gasteiger partial charge in [0, 0.05) is 26.1 Å². The van der Waals surface area contributed by atoms with E-state index in [-0.39, 0.29) is 17.1 Å². The number of rotatable bonds is 3. The summed E-state index contributed by atoms with van der Waals surface area (Å²) in [6, 6.07) is 0.420. The molecule has 4 nitrogen and oxygen atoms in total. The van der Waals surface area contributed by atoms with E-state index in [9.17, 15) is 4.79 Å². The largest absolute Gasteiger partial charge is 0.368 e. The number of likely N-dealkylation sites (tertiary alicyclic amines) is 1. The summed E-state index contributed by atoms with van der Waals surface area (Å²) in [5.41, 5.74) is -0.122. The Morgan fingerprint density at radius 1 is 1.25 bits per heavy atom. The van der Waals surface area contributed by atoms with E-state index in [0.29, 0.717) is 12.0 Å². The molecule has 116 valence electrons. The molecule has 0 aromatic rings. The zero-order chi connectivity index (χ0) is 15.0. The molecule has 4 heteroatoms. The third kappa shape index (κ3) is 3.73. The Bertz CT molecular complexity index is 357. The number of carbonyl (C=O) groups excluding carboxylic acids is 1. The molecule has 2 saturated heterocycles. The molecule has 0 aromatic heterocycles. The number of hydrogen-bond donors (Lipinski definition) is 1. The molecule has 0 saturated carbocycles. The molecule has 2 heterocycles. The standard InChI is InChI=1S/C16H30N2O2/c1-12(19)18-8-6-13(7-9-18)11-17-14-10-15(2,3)20-16(14,4)5/h13-14,17H,6-11H2,1-5H3/t14-/m0/s1. The Labute approximate surface area is 123 Å². The van der Waals surface area contributed by atoms with Gasteiger partial charge in [-0.2, -0.15) is 0 Å². The van der Waals surface area contributed by atoms with E-state index < -0.39 is 0 Å². The number of hydrogen-bond acceptors (Lipinski definition) is 3. The first-order valence-electron chi connectivity index (χ1n) is 7.89. The Morgan fingerprint density at radius 3 is 2.30 bits per heavy atom. The normalized spacial score (nSPS) is 29.6. The van der Waals surface area contributed by atoms with Crippen molar-refractivity contribution < 1.29 is 9.53 Å². The first-order valence-corrected chi connectivity index (χ1v) is 7.89. The summed E-state index contributed by atoms with van der Waals surface area (Å²) in [5.74, 6) is 0.897. The second-order valence-corrected chi connectivity index (χ2v) is 7.58. The Morgan fingerprint density at radius 2 is 1.85 bits per heavy atom. The van der Waals surface area contributed by atoms with Crippen molar-refractivity contribution in [3.63, 3.8) is 0 Å². The molecule has 1 N–H and O–H groups in total. The van der Waals surface area contributed by atoms with Gasteiger partial charge in [0.25, 0.3) is 0 Å². The fourth-order valence-electron chi connectivity index (χ4n) is 3.64. The van der Waals surface area contributed by atoms with E-state index in [1.165, 1.54) is 0 Å². The van der Waals surface area contributed by atoms with Gasteiger partial charge >= 0.3 is 0 Å². The van der Waals surface area contributed by atoms with Gasteiger partial charge in [-0.3, -0.25) is 4.79 Å². The predicted octanol–water partition coefficient (Wildman–Crippen LogP) is 2.18. The molecule has 2 rings (SSSR count). The molecule has 2 fully saturated rings. The lowest BCUT2D eigenvalue weighted by molar-refractivity contribution is -0.130. The van der Waals surface area contributed by atoms with Crippen LogP contribution in [0.2, 0.25) is 0 Å². The van der Waals surface area contributed by atoms with Crippen molar-refractivity contribution in [2.75, 3.05) is 19.6 Å². The lowest BCUT2D eigenvalue weighted by Crippen LogP contribution is -2.47. The highest BCUT2D eigenvalue weighted by atomic mass is 16.5. The van der Waals surface area contributed by atoms with Gasteiger partial charge in [-0.1, -0.05) is 0 Å². The van der Waals surface area contributed by atoms with Crippen molar-refractivity contribution in [3.8, 4) is 0 Å². The van der Waals surface area contributed by atoms with Gasteiger partial charge in [0.2, 0.25) is 5.91 Å². The molecule has 0 radical (unpaired) electrons. The van der Waals surface area contributed by atoms with Crippen molar-refractivity contribution in [1.29, 1.82) is 0 Å². The van der Waals surface area contributed by atoms with Crippen LogP contribution in [0, 0.1) is 5.92 Å². The number of ether oxygens (including phenoxy) is 1. The maximum absolute atomic E-state index is 11.3. The van der Waals surface area contributed by atoms with Gasteiger partial charge in [-0.05, 0) is 59.4 Å². The van der Waals surface area contributed by atoms with Crippen molar-refractivity contribution in [2.24, 2.45) is 5.92 Å². The molecule has 0 unspecified atom stereocenters. The first kappa shape index (κ1) is 15.8. The van der Waals surface area contributed by atoms with Crippen molar-refractivity contribution >= 4 is 5.91 Å². The van der Waals surface area contributed by atoms with E-state index >= 15 is 0 Å². The number of nitrogens with one attached hydrogen (secondary N) is 1. The molecule has 20 heavy (non-hydrogen) atoms. The minimum atomic E-state index is -0.0937. The lowest BCUT2D eigenvalue weighted by Gasteiger charge is -2.33. The van der Waals surface area contributed by atoms with Crippen molar-refractivity contribution in [1.82, 2.24) is 10.2 Å². The number of nitrogens with zero attached hydrogens (tertiary/aromatic N) is 1. The highest BCUT2D eigenvalue weighted by molar-refractivity contribution is 5.73. The SMILES string of the molecule is CC(=O)N1CCC(CN[C@H]2CC(C)(C)OC2(C)C)CC1. The number of carbonyl (C=O) groups is 1. The minimum absolute atomic E-state index is 0.0286. The average Bonchev–Trinajstić information content (AvgIpc) is 2.54. The highest BCUT2D eigenvalue weighted by Crippen LogP contribution is 2.37. The minimum Gasteiger partial charge on any atom is -0.368 e. The van der Waals surface area contributed by atoms with Crippen LogP contribution in [0.25, 0.3) is 0 Å². The first-order chi connectivity index (χ1) is 9.20. The average molecular weight is 282 g/mol. The molecular weight excluding hydrogens is 252 g/mol. The molecule has 2 aliphatic heterocycles. The fourth-order valence-corrected chi connectivity index (χ4v) is 3.64. The van der Waals surface area contributed by atoms with E-state index in [1.807, 2.05) is 4.90 Å². The van der Waals surface area contributed by atoms with Crippen molar-refractivity contribution in [3.05, 3.63) is 0 Å². The fraction of sp³-hybridized carbons (Fsp3) is 0.938. The van der Waals surface area contributed by atoms with Gasteiger partial charge in [0.05, 0.1) is 11.2 Å². The monoisotopic (exact) mass is 282 g/mol. The zero-order valence-corrected chi connectivity index (χ0v) is 13.7. The maximum Gasteiger partial charge on any atom is 0.219 e. The molecule has 0 spiro atoms. The van der Waals surface area contributed by atoms with Crippen LogP contribution in [-0.2, 0) is 9.53 Å². The number of amides is 1. The smallest absolute Gasteiger partial charge is 0.219 e. The van der Waals surface area contributed by atoms with Crippen LogP contribution in [-0.4, -0.2) is 47.7 Å². The van der Waals surface area contributed by atoms with Gasteiger partial charge in [0.1, 0.15) is 0 Å². The van der Waals surface area contributed by atoms with E-state index in [2.05, 4.69) is 33.0 Å². The van der Waals surface area contributed by atoms with Crippen LogP contribution in [0.15, 0.2) is 0 Å². The molecule has 1 atom stereocenters. The second-order valence-electron chi connectivity index (χ2n) is 7.58. The van der Waals surface area contributed by atoms with Gasteiger partial charge in [-0.15, -0.1) is 0 Å². The zero-order valence-electron chi connectivity index (χ0n) is 13.7. The van der Waals surface area contributed by atoms with Crippen LogP contribution in [0.3, 0.4) is 0 Å². The second kappa shape index (κ2) is 5.64. The molecule has 1 amide bonds. The molecule has 2 aliphatic rings. The van der Waals surface area contributed by atoms with E-state index in [1.54, 1.807) is 6.92 Å². The summed E-state index contributed by atoms with van der Waals surface area (Å²) >= 11 is 0. The van der Waals surface area contributed by atoms with Crippen molar-refractivity contribution in [2.45, 2.75) is 71.1 Å². The Kier molecular flexibility index (Phi) is 4.45. The quantitative estimate of drug-likeness (QED) is 0.862. The predicted molar refractivity (Wildman–Crippen MR) is 80.6 cm³/mol. The summed E-state index contributed by atoms with van der Waals surface area (Å²) in [6.45, 7) is 13.2. The molecule has 0 bridgehead atoms. The summed E-state index contributed by atoms with van der Waals surface area (Å²) < 4.78 is 6.12. The summed E-state index contributed by atoms with van der Waals surface area (Å²) in [4.78, 5) is 13.3. The van der Waals surface area contributed by atoms with Crippen LogP contribution in [0.1, 0.15) is 53.9 Å². The third-order valence-corrected chi connectivity index (χ3v) is 4.79. The maximum atomic E-state index is 11.3. The van der Waals surface area contributed by atoms with Gasteiger partial charge in [-0.25, -0.2) is 0 Å². The Balaban J connectivity index is 1.78. The van der Waals surface area contributed by atoms with E-state index in [4.69, 9.17) is 4.74 Å². The highest BCUT2D eigenvalue weighted by Gasteiger charge is 2.45. The van der Waals surface area contributed by atoms with Gasteiger partial charge in [0.15, 0.2) is 0 Å². The Hall–Kier alpha value is -0.610. The number of piperidine rings is 1.